The topological polar surface area (TPSA) is 84.8 Å². The van der Waals surface area contributed by atoms with Crippen LogP contribution < -0.4 is 10.0 Å². The van der Waals surface area contributed by atoms with Crippen molar-refractivity contribution in [1.82, 2.24) is 0 Å². The number of carbonyl (C=O) groups is 1. The van der Waals surface area contributed by atoms with Crippen LogP contribution in [0.4, 0.5) is 24.5 Å². The lowest BCUT2D eigenvalue weighted by Crippen LogP contribution is -2.76. The monoisotopic (exact) mass is 433 g/mol. The van der Waals surface area contributed by atoms with Crippen LogP contribution in [0.25, 0.3) is 4.85 Å². The molecule has 1 spiro atoms. The molecule has 2 saturated heterocycles. The average Bonchev–Trinajstić information content (AvgIpc) is 2.67. The van der Waals surface area contributed by atoms with Crippen molar-refractivity contribution in [3.05, 3.63) is 35.2 Å². The van der Waals surface area contributed by atoms with E-state index in [1.165, 1.54) is 19.9 Å². The largest absolute Gasteiger partial charge is 0.407 e. The van der Waals surface area contributed by atoms with Gasteiger partial charge < -0.3 is 0 Å². The summed E-state index contributed by atoms with van der Waals surface area (Å²) in [6.07, 6.45) is -4.62. The molecule has 3 rings (SSSR count). The minimum atomic E-state index is -4.80. The highest BCUT2D eigenvalue weighted by atomic mass is 32.2. The van der Waals surface area contributed by atoms with E-state index in [1.54, 1.807) is 0 Å². The van der Waals surface area contributed by atoms with Crippen LogP contribution in [0.2, 0.25) is 0 Å². The predicted octanol–water partition coefficient (Wildman–Crippen LogP) is 2.50. The van der Waals surface area contributed by atoms with Gasteiger partial charge in [-0.25, -0.2) is 27.8 Å². The zero-order valence-corrected chi connectivity index (χ0v) is 16.5. The lowest BCUT2D eigenvalue weighted by Gasteiger charge is -2.52. The number of sulfonamides is 1. The van der Waals surface area contributed by atoms with Gasteiger partial charge in [0.15, 0.2) is 11.2 Å². The van der Waals surface area contributed by atoms with E-state index >= 15 is 0 Å². The van der Waals surface area contributed by atoms with Crippen LogP contribution in [0.15, 0.2) is 18.2 Å². The van der Waals surface area contributed by atoms with Crippen molar-refractivity contribution in [2.75, 3.05) is 11.4 Å². The molecule has 1 aromatic rings. The van der Waals surface area contributed by atoms with Gasteiger partial charge >= 0.3 is 6.18 Å². The van der Waals surface area contributed by atoms with Crippen LogP contribution in [-0.2, 0) is 21.0 Å². The highest BCUT2D eigenvalue weighted by molar-refractivity contribution is 7.89. The molecule has 0 bridgehead atoms. The molecule has 2 unspecified atom stereocenters. The number of hydrogen-bond acceptors (Lipinski definition) is 4. The van der Waals surface area contributed by atoms with Gasteiger partial charge in [-0.1, -0.05) is 6.07 Å². The van der Waals surface area contributed by atoms with Crippen molar-refractivity contribution in [2.45, 2.75) is 37.4 Å². The number of anilines is 1. The Labute approximate surface area is 165 Å². The lowest BCUT2D eigenvalue weighted by molar-refractivity contribution is -0.923. The highest BCUT2D eigenvalue weighted by Gasteiger charge is 2.73. The molecule has 12 heteroatoms. The number of rotatable bonds is 2. The lowest BCUT2D eigenvalue weighted by atomic mass is 9.94. The third-order valence-electron chi connectivity index (χ3n) is 5.52. The van der Waals surface area contributed by atoms with Gasteiger partial charge in [0.1, 0.15) is 0 Å². The van der Waals surface area contributed by atoms with E-state index in [2.05, 4.69) is 4.85 Å². The second kappa shape index (κ2) is 5.96. The van der Waals surface area contributed by atoms with Crippen molar-refractivity contribution >= 4 is 44.6 Å². The first-order valence-electron chi connectivity index (χ1n) is 8.07. The van der Waals surface area contributed by atoms with Crippen molar-refractivity contribution < 1.29 is 30.9 Å². The third-order valence-corrected chi connectivity index (χ3v) is 7.38. The summed E-state index contributed by atoms with van der Waals surface area (Å²) in [6.45, 7) is 10.1. The Balaban J connectivity index is 2.17. The fourth-order valence-corrected chi connectivity index (χ4v) is 6.04. The van der Waals surface area contributed by atoms with Crippen LogP contribution in [0.1, 0.15) is 25.8 Å². The normalized spacial score (nSPS) is 27.0. The molecule has 2 fully saturated rings. The summed E-state index contributed by atoms with van der Waals surface area (Å²) in [5.41, 5.74) is -3.30. The Bertz CT molecular complexity index is 1050. The van der Waals surface area contributed by atoms with Gasteiger partial charge in [0, 0.05) is 26.1 Å². The van der Waals surface area contributed by atoms with Crippen LogP contribution >= 0.6 is 12.2 Å². The molecule has 28 heavy (non-hydrogen) atoms. The van der Waals surface area contributed by atoms with Gasteiger partial charge in [-0.3, -0.25) is 4.79 Å². The molecule has 1 amide bonds. The SMILES string of the molecule is [C-]#[N+]c1ccc(N2C(=O)C(C)(C)[N+]3(CCC3S(N)(=O)=O)C2=S)cc1C(F)(F)F. The molecular formula is C16H16F3N4O3S2+. The van der Waals surface area contributed by atoms with Crippen LogP contribution in [0.5, 0.6) is 0 Å². The van der Waals surface area contributed by atoms with Crippen LogP contribution in [0, 0.1) is 6.57 Å². The third kappa shape index (κ3) is 2.57. The number of nitrogens with two attached hydrogens (primary N) is 1. The van der Waals surface area contributed by atoms with Crippen LogP contribution in [-0.4, -0.2) is 41.4 Å². The Morgan fingerprint density at radius 2 is 2.00 bits per heavy atom. The zero-order valence-electron chi connectivity index (χ0n) is 14.8. The number of quaternary nitrogens is 1. The molecule has 0 radical (unpaired) electrons. The summed E-state index contributed by atoms with van der Waals surface area (Å²) in [4.78, 5) is 16.9. The first kappa shape index (κ1) is 20.7. The first-order chi connectivity index (χ1) is 12.7. The van der Waals surface area contributed by atoms with Gasteiger partial charge in [0.05, 0.1) is 30.8 Å². The average molecular weight is 433 g/mol. The van der Waals surface area contributed by atoms with Crippen molar-refractivity contribution in [2.24, 2.45) is 5.14 Å². The summed E-state index contributed by atoms with van der Waals surface area (Å²) in [5, 5.41) is 4.05. The molecule has 2 aliphatic rings. The number of primary sulfonamides is 1. The number of hydrogen-bond donors (Lipinski definition) is 1. The molecule has 2 N–H and O–H groups in total. The standard InChI is InChI=1S/C16H16F3N4O3S2/c1-15(2)13(24)22(14(27)23(15)7-6-12(23)28(20,25)26)9-4-5-11(21-3)10(8-9)16(17,18)19/h4-5,8,12H,6-7H2,1-2H3,(H2,20,25,26)/q+1. The fourth-order valence-electron chi connectivity index (χ4n) is 3.93. The Morgan fingerprint density at radius 1 is 1.39 bits per heavy atom. The molecule has 1 aromatic carbocycles. The molecule has 0 saturated carbocycles. The molecular weight excluding hydrogens is 417 g/mol. The quantitative estimate of drug-likeness (QED) is 0.441. The van der Waals surface area contributed by atoms with Crippen molar-refractivity contribution in [3.8, 4) is 0 Å². The molecule has 2 atom stereocenters. The van der Waals surface area contributed by atoms with E-state index in [1.807, 2.05) is 0 Å². The number of benzene rings is 1. The van der Waals surface area contributed by atoms with Crippen molar-refractivity contribution in [1.29, 1.82) is 0 Å². The van der Waals surface area contributed by atoms with Crippen LogP contribution in [0.3, 0.4) is 0 Å². The maximum Gasteiger partial charge on any atom is 0.407 e. The van der Waals surface area contributed by atoms with E-state index in [4.69, 9.17) is 23.9 Å². The predicted molar refractivity (Wildman–Crippen MR) is 98.5 cm³/mol. The molecule has 150 valence electrons. The fraction of sp³-hybridized carbons (Fsp3) is 0.438. The number of amides is 1. The highest BCUT2D eigenvalue weighted by Crippen LogP contribution is 2.49. The van der Waals surface area contributed by atoms with Gasteiger partial charge in [-0.2, -0.15) is 13.2 Å². The smallest absolute Gasteiger partial charge is 0.267 e. The van der Waals surface area contributed by atoms with E-state index in [0.29, 0.717) is 6.07 Å². The van der Waals surface area contributed by atoms with Crippen molar-refractivity contribution in [3.63, 3.8) is 0 Å². The number of thiocarbonyl (C=S) groups is 1. The summed E-state index contributed by atoms with van der Waals surface area (Å²) in [5.74, 6) is -0.630. The second-order valence-electron chi connectivity index (χ2n) is 7.22. The van der Waals surface area contributed by atoms with E-state index in [-0.39, 0.29) is 23.8 Å². The summed E-state index contributed by atoms with van der Waals surface area (Å²) >= 11 is 5.39. The van der Waals surface area contributed by atoms with E-state index in [0.717, 1.165) is 11.0 Å². The number of halogens is 3. The minimum absolute atomic E-state index is 0.121. The molecule has 2 heterocycles. The van der Waals surface area contributed by atoms with Gasteiger partial charge in [-0.05, 0) is 12.1 Å². The Morgan fingerprint density at radius 3 is 2.43 bits per heavy atom. The molecule has 2 aliphatic heterocycles. The van der Waals surface area contributed by atoms with E-state index < -0.39 is 48.8 Å². The van der Waals surface area contributed by atoms with Gasteiger partial charge in [0.2, 0.25) is 5.37 Å². The number of carbonyl (C=O) groups excluding carboxylic acids is 1. The maximum atomic E-state index is 13.3. The number of nitrogens with zero attached hydrogens (tertiary/aromatic N) is 3. The zero-order chi connectivity index (χ0) is 21.3. The minimum Gasteiger partial charge on any atom is -0.267 e. The maximum absolute atomic E-state index is 13.3. The van der Waals surface area contributed by atoms with Gasteiger partial charge in [-0.15, -0.1) is 0 Å². The first-order valence-corrected chi connectivity index (χ1v) is 10.1. The Hall–Kier alpha value is -2.07. The molecule has 0 aromatic heterocycles. The summed E-state index contributed by atoms with van der Waals surface area (Å²) in [7, 11) is -4.05. The van der Waals surface area contributed by atoms with E-state index in [9.17, 15) is 26.4 Å². The summed E-state index contributed by atoms with van der Waals surface area (Å²) in [6, 6.07) is 2.83. The molecule has 7 nitrogen and oxygen atoms in total. The molecule has 0 aliphatic carbocycles. The number of alkyl halides is 3. The van der Waals surface area contributed by atoms with Gasteiger partial charge in [0.25, 0.3) is 21.0 Å². The Kier molecular flexibility index (Phi) is 4.40. The second-order valence-corrected chi connectivity index (χ2v) is 9.31. The summed E-state index contributed by atoms with van der Waals surface area (Å²) < 4.78 is 63.6.